The molecular formula is C18H35NO2Sn. The van der Waals surface area contributed by atoms with Gasteiger partial charge in [-0.15, -0.1) is 0 Å². The number of amides is 1. The number of allylic oxidation sites excluding steroid dienone is 1. The fourth-order valence-electron chi connectivity index (χ4n) is 3.48. The van der Waals surface area contributed by atoms with Gasteiger partial charge in [0, 0.05) is 0 Å². The van der Waals surface area contributed by atoms with Crippen molar-refractivity contribution >= 4 is 24.5 Å². The first-order chi connectivity index (χ1) is 10.0. The molecule has 0 aromatic rings. The van der Waals surface area contributed by atoms with Crippen molar-refractivity contribution in [3.8, 4) is 0 Å². The van der Waals surface area contributed by atoms with Crippen LogP contribution < -0.4 is 0 Å². The van der Waals surface area contributed by atoms with E-state index in [0.717, 1.165) is 6.42 Å². The summed E-state index contributed by atoms with van der Waals surface area (Å²) in [6, 6.07) is 0.316. The summed E-state index contributed by atoms with van der Waals surface area (Å²) < 4.78 is 5.93. The van der Waals surface area contributed by atoms with E-state index in [9.17, 15) is 4.79 Å². The number of hydrogen-bond acceptors (Lipinski definition) is 2. The Labute approximate surface area is 141 Å². The Morgan fingerprint density at radius 1 is 1.18 bits per heavy atom. The quantitative estimate of drug-likeness (QED) is 0.429. The maximum absolute atomic E-state index is 12.4. The molecule has 1 aliphatic rings. The molecule has 0 saturated heterocycles. The van der Waals surface area contributed by atoms with E-state index in [-0.39, 0.29) is 18.2 Å². The summed E-state index contributed by atoms with van der Waals surface area (Å²) in [5.74, 6) is 0. The monoisotopic (exact) mass is 417 g/mol. The SMILES string of the molecule is CC(C)N(C(=O)O/C=C1/CCCC[C]1(C)[Sn]([CH3])([CH3])[CH3])C(C)C. The second-order valence-electron chi connectivity index (χ2n) is 8.41. The minimum atomic E-state index is -2.14. The fourth-order valence-corrected chi connectivity index (χ4v) is 9.40. The second kappa shape index (κ2) is 7.59. The molecular weight excluding hydrogens is 381 g/mol. The minimum absolute atomic E-state index is 0.158. The van der Waals surface area contributed by atoms with Crippen LogP contribution in [0.5, 0.6) is 0 Å². The van der Waals surface area contributed by atoms with Gasteiger partial charge in [-0.25, -0.2) is 0 Å². The molecule has 1 saturated carbocycles. The van der Waals surface area contributed by atoms with Gasteiger partial charge in [-0.1, -0.05) is 0 Å². The molecule has 1 aliphatic carbocycles. The number of carbonyl (C=O) groups excluding carboxylic acids is 1. The van der Waals surface area contributed by atoms with Gasteiger partial charge in [0.25, 0.3) is 0 Å². The van der Waals surface area contributed by atoms with Crippen LogP contribution in [0, 0.1) is 0 Å². The fraction of sp³-hybridized carbons (Fsp3) is 0.833. The predicted octanol–water partition coefficient (Wildman–Crippen LogP) is 5.80. The van der Waals surface area contributed by atoms with Crippen molar-refractivity contribution in [3.63, 3.8) is 0 Å². The van der Waals surface area contributed by atoms with Crippen molar-refractivity contribution < 1.29 is 9.53 Å². The van der Waals surface area contributed by atoms with E-state index < -0.39 is 18.4 Å². The molecule has 1 fully saturated rings. The summed E-state index contributed by atoms with van der Waals surface area (Å²) in [6.45, 7) is 10.5. The zero-order valence-corrected chi connectivity index (χ0v) is 18.7. The van der Waals surface area contributed by atoms with E-state index in [1.54, 1.807) is 11.2 Å². The van der Waals surface area contributed by atoms with Crippen molar-refractivity contribution in [2.24, 2.45) is 0 Å². The molecule has 0 bridgehead atoms. The van der Waals surface area contributed by atoms with Crippen LogP contribution in [-0.2, 0) is 4.74 Å². The van der Waals surface area contributed by atoms with E-state index in [1.807, 2.05) is 27.7 Å². The first-order valence-corrected chi connectivity index (χ1v) is 18.7. The van der Waals surface area contributed by atoms with Crippen LogP contribution in [-0.4, -0.2) is 41.5 Å². The first-order valence-electron chi connectivity index (χ1n) is 8.69. The number of carbonyl (C=O) groups is 1. The average Bonchev–Trinajstić information content (AvgIpc) is 2.35. The third-order valence-electron chi connectivity index (χ3n) is 5.36. The molecule has 0 heterocycles. The van der Waals surface area contributed by atoms with Crippen LogP contribution in [0.25, 0.3) is 0 Å². The third kappa shape index (κ3) is 4.42. The van der Waals surface area contributed by atoms with Crippen LogP contribution in [0.4, 0.5) is 4.79 Å². The Morgan fingerprint density at radius 3 is 2.18 bits per heavy atom. The number of rotatable bonds is 4. The zero-order chi connectivity index (χ0) is 17.1. The van der Waals surface area contributed by atoms with E-state index in [0.29, 0.717) is 3.43 Å². The van der Waals surface area contributed by atoms with E-state index in [1.165, 1.54) is 24.8 Å². The van der Waals surface area contributed by atoms with Gasteiger partial charge in [0.05, 0.1) is 0 Å². The normalized spacial score (nSPS) is 24.9. The molecule has 22 heavy (non-hydrogen) atoms. The second-order valence-corrected chi connectivity index (χ2v) is 24.4. The summed E-state index contributed by atoms with van der Waals surface area (Å²) in [7, 11) is 0. The molecule has 0 spiro atoms. The molecule has 128 valence electrons. The summed E-state index contributed by atoms with van der Waals surface area (Å²) in [5, 5.41) is 0. The Bertz CT molecular complexity index is 415. The standard InChI is InChI=1S/C15H26NO2.3CH3.Sn/c1-11(2)16(12(3)4)15(17)18-10-14-9-7-6-8-13(14)5;;;;/h10-12H,6-9H2,1-5H3;3*1H3;/b14-10-;;;;. The van der Waals surface area contributed by atoms with E-state index in [2.05, 4.69) is 21.7 Å². The first kappa shape index (κ1) is 19.9. The van der Waals surface area contributed by atoms with Gasteiger partial charge in [0.1, 0.15) is 0 Å². The van der Waals surface area contributed by atoms with E-state index in [4.69, 9.17) is 4.74 Å². The van der Waals surface area contributed by atoms with Gasteiger partial charge < -0.3 is 0 Å². The predicted molar refractivity (Wildman–Crippen MR) is 96.9 cm³/mol. The number of nitrogens with zero attached hydrogens (tertiary/aromatic N) is 1. The molecule has 3 nitrogen and oxygen atoms in total. The number of hydrogen-bond donors (Lipinski definition) is 0. The van der Waals surface area contributed by atoms with Gasteiger partial charge in [-0.05, 0) is 0 Å². The Kier molecular flexibility index (Phi) is 6.85. The Morgan fingerprint density at radius 2 is 1.73 bits per heavy atom. The molecule has 1 amide bonds. The van der Waals surface area contributed by atoms with Gasteiger partial charge in [0.15, 0.2) is 0 Å². The van der Waals surface area contributed by atoms with Gasteiger partial charge in [-0.3, -0.25) is 0 Å². The molecule has 1 rings (SSSR count). The van der Waals surface area contributed by atoms with Crippen molar-refractivity contribution in [1.82, 2.24) is 4.90 Å². The number of ether oxygens (including phenoxy) is 1. The van der Waals surface area contributed by atoms with Crippen LogP contribution in [0.1, 0.15) is 60.3 Å². The van der Waals surface area contributed by atoms with Gasteiger partial charge >= 0.3 is 141 Å². The summed E-state index contributed by atoms with van der Waals surface area (Å²) in [6.07, 6.45) is 6.46. The van der Waals surface area contributed by atoms with Crippen LogP contribution in [0.3, 0.4) is 0 Å². The van der Waals surface area contributed by atoms with Gasteiger partial charge in [-0.2, -0.15) is 0 Å². The summed E-state index contributed by atoms with van der Waals surface area (Å²) in [5.41, 5.74) is 1.38. The van der Waals surface area contributed by atoms with Gasteiger partial charge in [0.2, 0.25) is 0 Å². The van der Waals surface area contributed by atoms with Crippen LogP contribution in [0.15, 0.2) is 11.8 Å². The third-order valence-corrected chi connectivity index (χ3v) is 16.4. The molecule has 0 aromatic heterocycles. The van der Waals surface area contributed by atoms with Crippen LogP contribution in [0.2, 0.25) is 18.2 Å². The molecule has 0 N–H and O–H groups in total. The molecule has 1 atom stereocenters. The average molecular weight is 416 g/mol. The molecule has 0 aromatic carbocycles. The van der Waals surface area contributed by atoms with Crippen molar-refractivity contribution in [2.75, 3.05) is 0 Å². The Hall–Kier alpha value is -0.191. The Balaban J connectivity index is 2.93. The summed E-state index contributed by atoms with van der Waals surface area (Å²) >= 11 is -2.14. The summed E-state index contributed by atoms with van der Waals surface area (Å²) in [4.78, 5) is 21.7. The zero-order valence-electron chi connectivity index (χ0n) is 15.8. The maximum atomic E-state index is 12.4. The van der Waals surface area contributed by atoms with Crippen LogP contribution >= 0.6 is 0 Å². The van der Waals surface area contributed by atoms with E-state index >= 15 is 0 Å². The topological polar surface area (TPSA) is 29.5 Å². The molecule has 0 radical (unpaired) electrons. The van der Waals surface area contributed by atoms with Crippen molar-refractivity contribution in [2.45, 2.75) is 90.6 Å². The molecule has 1 unspecified atom stereocenters. The van der Waals surface area contributed by atoms with Crippen molar-refractivity contribution in [3.05, 3.63) is 11.8 Å². The molecule has 0 aliphatic heterocycles. The molecule has 4 heteroatoms. The van der Waals surface area contributed by atoms with Crippen molar-refractivity contribution in [1.29, 1.82) is 0 Å².